The molecule has 0 aliphatic rings. The molecule has 7 heteroatoms. The van der Waals surface area contributed by atoms with E-state index in [4.69, 9.17) is 15.2 Å². The Morgan fingerprint density at radius 3 is 2.11 bits per heavy atom. The molecule has 0 aliphatic heterocycles. The van der Waals surface area contributed by atoms with Crippen LogP contribution in [0.25, 0.3) is 0 Å². The van der Waals surface area contributed by atoms with Gasteiger partial charge in [0, 0.05) is 0 Å². The molecule has 0 radical (unpaired) electrons. The highest BCUT2D eigenvalue weighted by Gasteiger charge is 2.28. The van der Waals surface area contributed by atoms with Crippen molar-refractivity contribution in [2.75, 3.05) is 27.4 Å². The van der Waals surface area contributed by atoms with Crippen molar-refractivity contribution in [3.05, 3.63) is 23.8 Å². The van der Waals surface area contributed by atoms with Crippen molar-refractivity contribution in [1.82, 2.24) is 0 Å². The first-order chi connectivity index (χ1) is 8.89. The van der Waals surface area contributed by atoms with Gasteiger partial charge in [-0.2, -0.15) is 13.2 Å². The van der Waals surface area contributed by atoms with Crippen molar-refractivity contribution < 1.29 is 27.4 Å². The van der Waals surface area contributed by atoms with Crippen LogP contribution < -0.4 is 15.2 Å². The van der Waals surface area contributed by atoms with E-state index in [1.807, 2.05) is 0 Å². The summed E-state index contributed by atoms with van der Waals surface area (Å²) in [6, 6.07) is 4.24. The minimum absolute atomic E-state index is 0.282. The minimum atomic E-state index is -4.37. The van der Waals surface area contributed by atoms with Gasteiger partial charge in [-0.05, 0) is 12.1 Å². The summed E-state index contributed by atoms with van der Waals surface area (Å²) in [7, 11) is 2.89. The molecule has 0 bridgehead atoms. The molecule has 0 saturated heterocycles. The number of halogens is 3. The number of hydrogen-bond donors (Lipinski definition) is 1. The Bertz CT molecular complexity index is 387. The largest absolute Gasteiger partial charge is 0.496 e. The first-order valence-corrected chi connectivity index (χ1v) is 5.50. The lowest BCUT2D eigenvalue weighted by Crippen LogP contribution is -2.24. The summed E-state index contributed by atoms with van der Waals surface area (Å²) in [6.45, 7) is -1.62. The highest BCUT2D eigenvalue weighted by atomic mass is 19.4. The average Bonchev–Trinajstić information content (AvgIpc) is 2.35. The Morgan fingerprint density at radius 1 is 1.16 bits per heavy atom. The fourth-order valence-electron chi connectivity index (χ4n) is 1.63. The molecule has 4 nitrogen and oxygen atoms in total. The van der Waals surface area contributed by atoms with E-state index in [9.17, 15) is 13.2 Å². The van der Waals surface area contributed by atoms with Gasteiger partial charge in [-0.15, -0.1) is 0 Å². The van der Waals surface area contributed by atoms with E-state index in [0.29, 0.717) is 17.1 Å². The van der Waals surface area contributed by atoms with Gasteiger partial charge in [-0.3, -0.25) is 0 Å². The standard InChI is InChI=1S/C12H16F3NO3/c1-17-9-4-3-5-10(18-2)11(9)8(16)6-19-7-12(13,14)15/h3-5,8H,6-7,16H2,1-2H3. The molecule has 0 saturated carbocycles. The van der Waals surface area contributed by atoms with Gasteiger partial charge in [-0.1, -0.05) is 6.07 Å². The van der Waals surface area contributed by atoms with E-state index in [0.717, 1.165) is 0 Å². The normalized spacial score (nSPS) is 13.2. The maximum absolute atomic E-state index is 12.0. The Hall–Kier alpha value is -1.47. The molecule has 1 aromatic carbocycles. The lowest BCUT2D eigenvalue weighted by molar-refractivity contribution is -0.174. The van der Waals surface area contributed by atoms with E-state index < -0.39 is 18.8 Å². The smallest absolute Gasteiger partial charge is 0.411 e. The first kappa shape index (κ1) is 15.6. The summed E-state index contributed by atoms with van der Waals surface area (Å²) in [4.78, 5) is 0. The maximum atomic E-state index is 12.0. The SMILES string of the molecule is COc1cccc(OC)c1C(N)COCC(F)(F)F. The highest BCUT2D eigenvalue weighted by molar-refractivity contribution is 5.46. The van der Waals surface area contributed by atoms with Crippen LogP contribution in [0.3, 0.4) is 0 Å². The second-order valence-electron chi connectivity index (χ2n) is 3.81. The molecule has 0 fully saturated rings. The van der Waals surface area contributed by atoms with Crippen LogP contribution in [0.5, 0.6) is 11.5 Å². The topological polar surface area (TPSA) is 53.7 Å². The monoisotopic (exact) mass is 279 g/mol. The Kier molecular flexibility index (Phi) is 5.44. The van der Waals surface area contributed by atoms with Gasteiger partial charge in [0.05, 0.1) is 32.4 Å². The zero-order chi connectivity index (χ0) is 14.5. The number of alkyl halides is 3. The van der Waals surface area contributed by atoms with Gasteiger partial charge in [-0.25, -0.2) is 0 Å². The second kappa shape index (κ2) is 6.63. The van der Waals surface area contributed by atoms with Crippen LogP contribution >= 0.6 is 0 Å². The number of benzene rings is 1. The summed E-state index contributed by atoms with van der Waals surface area (Å²) in [6.07, 6.45) is -4.37. The fourth-order valence-corrected chi connectivity index (χ4v) is 1.63. The van der Waals surface area contributed by atoms with Crippen molar-refractivity contribution >= 4 is 0 Å². The summed E-state index contributed by atoms with van der Waals surface area (Å²) >= 11 is 0. The zero-order valence-corrected chi connectivity index (χ0v) is 10.7. The highest BCUT2D eigenvalue weighted by Crippen LogP contribution is 2.33. The summed E-state index contributed by atoms with van der Waals surface area (Å²) in [5, 5.41) is 0. The zero-order valence-electron chi connectivity index (χ0n) is 10.7. The van der Waals surface area contributed by atoms with E-state index in [1.54, 1.807) is 18.2 Å². The van der Waals surface area contributed by atoms with Crippen molar-refractivity contribution in [2.24, 2.45) is 5.73 Å². The molecule has 0 aliphatic carbocycles. The molecule has 1 aromatic rings. The van der Waals surface area contributed by atoms with E-state index in [2.05, 4.69) is 4.74 Å². The van der Waals surface area contributed by atoms with Gasteiger partial charge >= 0.3 is 6.18 Å². The van der Waals surface area contributed by atoms with Crippen LogP contribution in [0.1, 0.15) is 11.6 Å². The van der Waals surface area contributed by atoms with Crippen LogP contribution in [0.4, 0.5) is 13.2 Å². The van der Waals surface area contributed by atoms with Gasteiger partial charge in [0.1, 0.15) is 18.1 Å². The predicted octanol–water partition coefficient (Wildman–Crippen LogP) is 2.28. The van der Waals surface area contributed by atoms with Crippen molar-refractivity contribution in [1.29, 1.82) is 0 Å². The molecule has 1 rings (SSSR count). The minimum Gasteiger partial charge on any atom is -0.496 e. The third-order valence-corrected chi connectivity index (χ3v) is 2.40. The number of nitrogens with two attached hydrogens (primary N) is 1. The van der Waals surface area contributed by atoms with Crippen molar-refractivity contribution in [3.8, 4) is 11.5 Å². The van der Waals surface area contributed by atoms with Crippen molar-refractivity contribution in [3.63, 3.8) is 0 Å². The van der Waals surface area contributed by atoms with Crippen LogP contribution in [-0.2, 0) is 4.74 Å². The van der Waals surface area contributed by atoms with Gasteiger partial charge < -0.3 is 19.9 Å². The van der Waals surface area contributed by atoms with Crippen LogP contribution in [-0.4, -0.2) is 33.6 Å². The first-order valence-electron chi connectivity index (χ1n) is 5.50. The van der Waals surface area contributed by atoms with Crippen LogP contribution in [0.15, 0.2) is 18.2 Å². The Morgan fingerprint density at radius 2 is 1.68 bits per heavy atom. The van der Waals surface area contributed by atoms with Gasteiger partial charge in [0.25, 0.3) is 0 Å². The van der Waals surface area contributed by atoms with E-state index in [1.165, 1.54) is 14.2 Å². The summed E-state index contributed by atoms with van der Waals surface area (Å²) in [5.74, 6) is 0.893. The third kappa shape index (κ3) is 4.60. The van der Waals surface area contributed by atoms with E-state index >= 15 is 0 Å². The Labute approximate surface area is 109 Å². The molecule has 0 heterocycles. The lowest BCUT2D eigenvalue weighted by atomic mass is 10.1. The number of ether oxygens (including phenoxy) is 3. The van der Waals surface area contributed by atoms with Crippen LogP contribution in [0, 0.1) is 0 Å². The van der Waals surface area contributed by atoms with Crippen molar-refractivity contribution in [2.45, 2.75) is 12.2 Å². The average molecular weight is 279 g/mol. The molecule has 108 valence electrons. The molecule has 19 heavy (non-hydrogen) atoms. The Balaban J connectivity index is 2.78. The molecule has 0 aromatic heterocycles. The predicted molar refractivity (Wildman–Crippen MR) is 63.3 cm³/mol. The summed E-state index contributed by atoms with van der Waals surface area (Å²) < 4.78 is 50.7. The lowest BCUT2D eigenvalue weighted by Gasteiger charge is -2.19. The molecule has 0 spiro atoms. The van der Waals surface area contributed by atoms with Gasteiger partial charge in [0.2, 0.25) is 0 Å². The van der Waals surface area contributed by atoms with Gasteiger partial charge in [0.15, 0.2) is 0 Å². The molecule has 1 unspecified atom stereocenters. The second-order valence-corrected chi connectivity index (χ2v) is 3.81. The molecule has 1 atom stereocenters. The molecule has 2 N–H and O–H groups in total. The number of hydrogen-bond acceptors (Lipinski definition) is 4. The molecular formula is C12H16F3NO3. The summed E-state index contributed by atoms with van der Waals surface area (Å²) in [5.41, 5.74) is 6.31. The molecule has 0 amide bonds. The fraction of sp³-hybridized carbons (Fsp3) is 0.500. The maximum Gasteiger partial charge on any atom is 0.411 e. The number of rotatable bonds is 6. The third-order valence-electron chi connectivity index (χ3n) is 2.40. The van der Waals surface area contributed by atoms with E-state index in [-0.39, 0.29) is 6.61 Å². The quantitative estimate of drug-likeness (QED) is 0.868. The molecular weight excluding hydrogens is 263 g/mol. The van der Waals surface area contributed by atoms with Crippen LogP contribution in [0.2, 0.25) is 0 Å². The number of methoxy groups -OCH3 is 2.